The minimum absolute atomic E-state index is 0. The Morgan fingerprint density at radius 2 is 1.96 bits per heavy atom. The Morgan fingerprint density at radius 3 is 2.30 bits per heavy atom. The van der Waals surface area contributed by atoms with Gasteiger partial charge in [-0.2, -0.15) is 8.42 Å². The standard InChI is InChI=1S/C8H10AsNO5.C3H8O3S.Ca.2H/c1-6(11)10-8-4-2-3-7(5-8)9(12,13)15-14;1-2-3-7(4,5)6;;;/h2-5,14H,1H3,(H,10,11)(H,12,13);2-3H2,1H3,(H,4,5,6);;;. The summed E-state index contributed by atoms with van der Waals surface area (Å²) in [5.74, 6) is -0.426. The van der Waals surface area contributed by atoms with Crippen molar-refractivity contribution in [3.63, 3.8) is 0 Å². The number of carbonyl (C=O) groups excluding carboxylic acids is 1. The molecule has 0 aliphatic carbocycles. The van der Waals surface area contributed by atoms with Crippen molar-refractivity contribution in [2.75, 3.05) is 11.1 Å². The Bertz CT molecular complexity index is 651. The van der Waals surface area contributed by atoms with E-state index in [1.807, 2.05) is 0 Å². The Labute approximate surface area is 167 Å². The van der Waals surface area contributed by atoms with Crippen molar-refractivity contribution in [2.24, 2.45) is 0 Å². The van der Waals surface area contributed by atoms with Gasteiger partial charge in [-0.25, -0.2) is 0 Å². The van der Waals surface area contributed by atoms with Gasteiger partial charge in [0.1, 0.15) is 0 Å². The first-order valence-electron chi connectivity index (χ1n) is 6.01. The fourth-order valence-corrected chi connectivity index (χ4v) is 3.19. The summed E-state index contributed by atoms with van der Waals surface area (Å²) in [5, 5.41) is 10.7. The van der Waals surface area contributed by atoms with E-state index in [0.29, 0.717) is 12.1 Å². The van der Waals surface area contributed by atoms with Crippen LogP contribution in [0.3, 0.4) is 0 Å². The third-order valence-corrected chi connectivity index (χ3v) is 5.41. The first kappa shape index (κ1) is 25.3. The fourth-order valence-electron chi connectivity index (χ4n) is 1.27. The van der Waals surface area contributed by atoms with E-state index in [1.54, 1.807) is 13.0 Å². The summed E-state index contributed by atoms with van der Waals surface area (Å²) < 4.78 is 51.5. The monoisotopic (exact) mass is 441 g/mol. The second-order valence-corrected chi connectivity index (χ2v) is 9.30. The Kier molecular flexibility index (Phi) is 12.8. The van der Waals surface area contributed by atoms with E-state index in [-0.39, 0.29) is 53.7 Å². The summed E-state index contributed by atoms with van der Waals surface area (Å²) in [4.78, 5) is 10.7. The zero-order valence-corrected chi connectivity index (χ0v) is 14.7. The molecule has 1 aromatic carbocycles. The number of carbonyl (C=O) groups is 1. The summed E-state index contributed by atoms with van der Waals surface area (Å²) in [7, 11) is -3.67. The molecule has 1 atom stereocenters. The molecule has 0 saturated carbocycles. The molecule has 0 aromatic heterocycles. The third kappa shape index (κ3) is 12.2. The van der Waals surface area contributed by atoms with E-state index in [2.05, 4.69) is 9.19 Å². The van der Waals surface area contributed by atoms with Crippen molar-refractivity contribution in [2.45, 2.75) is 20.3 Å². The molecule has 0 heterocycles. The number of rotatable bonds is 5. The topological polar surface area (TPSA) is 150 Å². The van der Waals surface area contributed by atoms with Crippen LogP contribution in [0.4, 0.5) is 5.69 Å². The zero-order valence-electron chi connectivity index (χ0n) is 12.0. The molecule has 1 amide bonds. The Balaban J connectivity index is 0. The molecule has 130 valence electrons. The molecule has 0 saturated heterocycles. The van der Waals surface area contributed by atoms with Crippen LogP contribution in [0.25, 0.3) is 0 Å². The predicted octanol–water partition coefficient (Wildman–Crippen LogP) is -0.929. The van der Waals surface area contributed by atoms with Crippen molar-refractivity contribution < 1.29 is 34.7 Å². The van der Waals surface area contributed by atoms with Crippen molar-refractivity contribution in [1.82, 2.24) is 0 Å². The van der Waals surface area contributed by atoms with Gasteiger partial charge in [-0.05, 0) is 6.42 Å². The van der Waals surface area contributed by atoms with Gasteiger partial charge in [0.2, 0.25) is 0 Å². The SMILES string of the molecule is CC(=O)Nc1cccc([As](=O)(O)OO)c1.CCCS(=O)(=O)O.[CaH2]. The molecule has 0 aliphatic heterocycles. The van der Waals surface area contributed by atoms with E-state index < -0.39 is 24.3 Å². The van der Waals surface area contributed by atoms with E-state index in [4.69, 9.17) is 9.81 Å². The molecule has 0 aliphatic rings. The molecule has 1 unspecified atom stereocenters. The van der Waals surface area contributed by atoms with E-state index in [0.717, 1.165) is 0 Å². The molecule has 0 spiro atoms. The minimum atomic E-state index is -4.83. The normalized spacial score (nSPS) is 12.9. The van der Waals surface area contributed by atoms with Gasteiger partial charge < -0.3 is 0 Å². The average molecular weight is 441 g/mol. The van der Waals surface area contributed by atoms with Gasteiger partial charge in [-0.1, -0.05) is 6.92 Å². The van der Waals surface area contributed by atoms with Crippen LogP contribution < -0.4 is 9.67 Å². The number of nitrogens with one attached hydrogen (secondary N) is 1. The van der Waals surface area contributed by atoms with Crippen LogP contribution in [0.15, 0.2) is 24.3 Å². The van der Waals surface area contributed by atoms with E-state index in [9.17, 15) is 21.0 Å². The van der Waals surface area contributed by atoms with E-state index >= 15 is 0 Å². The predicted molar refractivity (Wildman–Crippen MR) is 88.0 cm³/mol. The van der Waals surface area contributed by atoms with Crippen LogP contribution in [0.1, 0.15) is 20.3 Å². The molecule has 12 heteroatoms. The maximum absolute atomic E-state index is 11.3. The molecular weight excluding hydrogens is 421 g/mol. The van der Waals surface area contributed by atoms with Crippen molar-refractivity contribution >= 4 is 78.0 Å². The van der Waals surface area contributed by atoms with Gasteiger partial charge >= 0.3 is 126 Å². The van der Waals surface area contributed by atoms with Gasteiger partial charge in [-0.3, -0.25) is 4.55 Å². The van der Waals surface area contributed by atoms with Gasteiger partial charge in [0.15, 0.2) is 0 Å². The first-order chi connectivity index (χ1) is 10.0. The van der Waals surface area contributed by atoms with Crippen LogP contribution >= 0.6 is 0 Å². The zero-order chi connectivity index (χ0) is 17.4. The quantitative estimate of drug-likeness (QED) is 0.198. The molecule has 4 N–H and O–H groups in total. The van der Waals surface area contributed by atoms with Crippen molar-refractivity contribution in [3.05, 3.63) is 24.3 Å². The van der Waals surface area contributed by atoms with Gasteiger partial charge in [0.25, 0.3) is 10.1 Å². The Hall–Kier alpha value is 0.0982. The summed E-state index contributed by atoms with van der Waals surface area (Å²) in [5.41, 5.74) is 0.368. The fraction of sp³-hybridized carbons (Fsp3) is 0.364. The Morgan fingerprint density at radius 1 is 1.39 bits per heavy atom. The summed E-state index contributed by atoms with van der Waals surface area (Å²) in [6, 6.07) is 5.64. The second kappa shape index (κ2) is 11.6. The summed E-state index contributed by atoms with van der Waals surface area (Å²) >= 11 is -4.83. The van der Waals surface area contributed by atoms with Gasteiger partial charge in [0.05, 0.1) is 5.75 Å². The number of amides is 1. The average Bonchev–Trinajstić information content (AvgIpc) is 2.37. The number of benzene rings is 1. The van der Waals surface area contributed by atoms with Crippen LogP contribution in [-0.2, 0) is 22.5 Å². The molecule has 0 bridgehead atoms. The molecule has 1 aromatic rings. The summed E-state index contributed by atoms with van der Waals surface area (Å²) in [6.45, 7) is 3.01. The van der Waals surface area contributed by atoms with Crippen LogP contribution in [0.2, 0.25) is 0 Å². The van der Waals surface area contributed by atoms with Crippen LogP contribution in [0, 0.1) is 0 Å². The maximum atomic E-state index is 11.3. The molecule has 0 radical (unpaired) electrons. The van der Waals surface area contributed by atoms with Crippen molar-refractivity contribution in [3.8, 4) is 0 Å². The number of anilines is 1. The molecule has 23 heavy (non-hydrogen) atoms. The second-order valence-electron chi connectivity index (χ2n) is 4.12. The first-order valence-corrected chi connectivity index (χ1v) is 10.9. The number of hydrogen-bond acceptors (Lipinski definition) is 6. The summed E-state index contributed by atoms with van der Waals surface area (Å²) in [6.07, 6.45) is 0.471. The molecule has 0 fully saturated rings. The third-order valence-electron chi connectivity index (χ3n) is 2.07. The molecule has 1 rings (SSSR count). The van der Waals surface area contributed by atoms with Crippen LogP contribution in [-0.4, -0.2) is 85.9 Å². The van der Waals surface area contributed by atoms with E-state index in [1.165, 1.54) is 25.1 Å². The van der Waals surface area contributed by atoms with Crippen molar-refractivity contribution in [1.29, 1.82) is 0 Å². The van der Waals surface area contributed by atoms with Crippen LogP contribution in [0.5, 0.6) is 0 Å². The molecule has 9 nitrogen and oxygen atoms in total. The van der Waals surface area contributed by atoms with Gasteiger partial charge in [-0.15, -0.1) is 0 Å². The molecular formula is C11H20AsCaNO8S. The number of hydrogen-bond donors (Lipinski definition) is 4. The van der Waals surface area contributed by atoms with Gasteiger partial charge in [0, 0.05) is 0 Å².